The summed E-state index contributed by atoms with van der Waals surface area (Å²) in [5, 5.41) is 11.5. The highest BCUT2D eigenvalue weighted by Crippen LogP contribution is 2.43. The van der Waals surface area contributed by atoms with Crippen molar-refractivity contribution in [1.29, 1.82) is 0 Å². The number of ketones is 1. The summed E-state index contributed by atoms with van der Waals surface area (Å²) in [7, 11) is 1.54. The Hall–Kier alpha value is -5.11. The summed E-state index contributed by atoms with van der Waals surface area (Å²) in [6, 6.07) is 23.0. The molecule has 0 saturated carbocycles. The van der Waals surface area contributed by atoms with Crippen molar-refractivity contribution in [2.75, 3.05) is 13.7 Å². The second-order valence-corrected chi connectivity index (χ2v) is 10.7. The summed E-state index contributed by atoms with van der Waals surface area (Å²) < 4.78 is 17.5. The van der Waals surface area contributed by atoms with Gasteiger partial charge >= 0.3 is 0 Å². The van der Waals surface area contributed by atoms with Crippen LogP contribution in [0.2, 0.25) is 0 Å². The van der Waals surface area contributed by atoms with Crippen molar-refractivity contribution in [1.82, 2.24) is 9.88 Å². The van der Waals surface area contributed by atoms with Gasteiger partial charge in [0.15, 0.2) is 11.5 Å². The Morgan fingerprint density at radius 3 is 2.43 bits per heavy atom. The van der Waals surface area contributed by atoms with Gasteiger partial charge in [0.2, 0.25) is 0 Å². The predicted molar refractivity (Wildman–Crippen MR) is 167 cm³/mol. The second-order valence-electron chi connectivity index (χ2n) is 10.7. The maximum Gasteiger partial charge on any atom is 0.295 e. The summed E-state index contributed by atoms with van der Waals surface area (Å²) in [6.07, 6.45) is 5.18. The average Bonchev–Trinajstić information content (AvgIpc) is 3.29. The molecule has 1 atom stereocenters. The monoisotopic (exact) mass is 592 g/mol. The predicted octanol–water partition coefficient (Wildman–Crippen LogP) is 6.78. The fraction of sp³-hybridized carbons (Fsp3) is 0.250. The number of carbonyl (C=O) groups excluding carboxylic acids is 2. The van der Waals surface area contributed by atoms with E-state index < -0.39 is 17.7 Å². The van der Waals surface area contributed by atoms with Crippen LogP contribution in [0.5, 0.6) is 17.2 Å². The van der Waals surface area contributed by atoms with E-state index in [0.29, 0.717) is 41.6 Å². The van der Waals surface area contributed by atoms with E-state index in [1.807, 2.05) is 31.2 Å². The molecule has 0 aliphatic carbocycles. The molecule has 1 aliphatic rings. The van der Waals surface area contributed by atoms with Crippen LogP contribution in [-0.4, -0.2) is 40.4 Å². The molecule has 0 bridgehead atoms. The minimum absolute atomic E-state index is 0.00553. The number of carbonyl (C=O) groups is 2. The van der Waals surface area contributed by atoms with Crippen LogP contribution < -0.4 is 14.2 Å². The number of pyridine rings is 1. The molecule has 1 amide bonds. The third-order valence-corrected chi connectivity index (χ3v) is 7.49. The summed E-state index contributed by atoms with van der Waals surface area (Å²) in [5.74, 6) is -0.0930. The van der Waals surface area contributed by atoms with E-state index in [0.717, 1.165) is 29.5 Å². The van der Waals surface area contributed by atoms with Crippen molar-refractivity contribution in [2.24, 2.45) is 0 Å². The Bertz CT molecular complexity index is 1650. The Labute approximate surface area is 257 Å². The fourth-order valence-electron chi connectivity index (χ4n) is 5.21. The van der Waals surface area contributed by atoms with E-state index in [-0.39, 0.29) is 17.9 Å². The van der Waals surface area contributed by atoms with E-state index >= 15 is 0 Å². The molecule has 8 nitrogen and oxygen atoms in total. The first kappa shape index (κ1) is 30.4. The minimum Gasteiger partial charge on any atom is -0.507 e. The smallest absolute Gasteiger partial charge is 0.295 e. The van der Waals surface area contributed by atoms with Crippen molar-refractivity contribution >= 4 is 17.4 Å². The fourth-order valence-corrected chi connectivity index (χ4v) is 5.21. The van der Waals surface area contributed by atoms with Gasteiger partial charge < -0.3 is 24.2 Å². The standard InChI is InChI=1S/C36H36N2O6/c1-4-5-18-43-30-16-13-28(20-31(30)42-3)33-32(35(40)36(41)38(33)22-26-10-7-17-37-21-26)34(39)27-11-14-29(15-12-27)44-23-25-9-6-8-24(2)19-25/h6-17,19-21,33,39H,4-5,18,22-23H2,1-3H3. The van der Waals surface area contributed by atoms with Crippen molar-refractivity contribution in [3.63, 3.8) is 0 Å². The molecule has 1 aromatic heterocycles. The number of benzene rings is 3. The SMILES string of the molecule is CCCCOc1ccc(C2C(=C(O)c3ccc(OCc4cccc(C)c4)cc3)C(=O)C(=O)N2Cc2cccnc2)cc1OC. The molecule has 8 heteroatoms. The summed E-state index contributed by atoms with van der Waals surface area (Å²) >= 11 is 0. The number of aliphatic hydroxyl groups is 1. The molecule has 1 saturated heterocycles. The number of likely N-dealkylation sites (tertiary alicyclic amines) is 1. The molecule has 3 aromatic carbocycles. The molecule has 1 N–H and O–H groups in total. The Kier molecular flexibility index (Phi) is 9.59. The van der Waals surface area contributed by atoms with Crippen LogP contribution in [0.15, 0.2) is 96.8 Å². The van der Waals surface area contributed by atoms with E-state index in [4.69, 9.17) is 14.2 Å². The second kappa shape index (κ2) is 13.9. The Morgan fingerprint density at radius 2 is 1.73 bits per heavy atom. The molecule has 4 aromatic rings. The van der Waals surface area contributed by atoms with Gasteiger partial charge in [-0.2, -0.15) is 0 Å². The van der Waals surface area contributed by atoms with Gasteiger partial charge in [0, 0.05) is 24.5 Å². The number of hydrogen-bond donors (Lipinski definition) is 1. The van der Waals surface area contributed by atoms with Crippen LogP contribution in [0.1, 0.15) is 53.6 Å². The number of nitrogens with zero attached hydrogens (tertiary/aromatic N) is 2. The molecule has 226 valence electrons. The first-order chi connectivity index (χ1) is 21.4. The number of aliphatic hydroxyl groups excluding tert-OH is 1. The van der Waals surface area contributed by atoms with E-state index in [1.54, 1.807) is 68.0 Å². The molecule has 0 radical (unpaired) electrons. The quantitative estimate of drug-likeness (QED) is 0.0838. The summed E-state index contributed by atoms with van der Waals surface area (Å²) in [5.41, 5.74) is 3.94. The number of unbranched alkanes of at least 4 members (excludes halogenated alkanes) is 1. The van der Waals surface area contributed by atoms with Gasteiger partial charge in [0.1, 0.15) is 18.1 Å². The number of aromatic nitrogens is 1. The lowest BCUT2D eigenvalue weighted by Crippen LogP contribution is -2.29. The van der Waals surface area contributed by atoms with Crippen molar-refractivity contribution in [3.8, 4) is 17.2 Å². The number of methoxy groups -OCH3 is 1. The van der Waals surface area contributed by atoms with Crippen LogP contribution in [0.4, 0.5) is 0 Å². The topological polar surface area (TPSA) is 98.2 Å². The lowest BCUT2D eigenvalue weighted by atomic mass is 9.94. The third-order valence-electron chi connectivity index (χ3n) is 7.49. The van der Waals surface area contributed by atoms with Crippen LogP contribution in [-0.2, 0) is 22.7 Å². The zero-order valence-corrected chi connectivity index (χ0v) is 25.2. The van der Waals surface area contributed by atoms with Gasteiger partial charge in [-0.3, -0.25) is 14.6 Å². The number of aryl methyl sites for hydroxylation is 1. The molecular weight excluding hydrogens is 556 g/mol. The molecule has 1 fully saturated rings. The Balaban J connectivity index is 1.49. The van der Waals surface area contributed by atoms with Crippen LogP contribution in [0.3, 0.4) is 0 Å². The zero-order valence-electron chi connectivity index (χ0n) is 25.2. The van der Waals surface area contributed by atoms with Crippen molar-refractivity contribution < 1.29 is 28.9 Å². The Morgan fingerprint density at radius 1 is 0.932 bits per heavy atom. The van der Waals surface area contributed by atoms with Gasteiger partial charge in [0.05, 0.1) is 25.3 Å². The maximum atomic E-state index is 13.5. The zero-order chi connectivity index (χ0) is 31.1. The highest BCUT2D eigenvalue weighted by atomic mass is 16.5. The number of hydrogen-bond acceptors (Lipinski definition) is 7. The number of amides is 1. The molecular formula is C36H36N2O6. The average molecular weight is 593 g/mol. The first-order valence-electron chi connectivity index (χ1n) is 14.7. The molecule has 0 spiro atoms. The highest BCUT2D eigenvalue weighted by molar-refractivity contribution is 6.46. The molecule has 2 heterocycles. The van der Waals surface area contributed by atoms with Crippen LogP contribution in [0.25, 0.3) is 5.76 Å². The largest absolute Gasteiger partial charge is 0.507 e. The van der Waals surface area contributed by atoms with Gasteiger partial charge in [-0.05, 0) is 72.5 Å². The van der Waals surface area contributed by atoms with Crippen molar-refractivity contribution in [2.45, 2.75) is 45.9 Å². The van der Waals surface area contributed by atoms with Gasteiger partial charge in [-0.25, -0.2) is 0 Å². The number of ether oxygens (including phenoxy) is 3. The lowest BCUT2D eigenvalue weighted by Gasteiger charge is -2.26. The van der Waals surface area contributed by atoms with Gasteiger partial charge in [0.25, 0.3) is 11.7 Å². The van der Waals surface area contributed by atoms with E-state index in [2.05, 4.69) is 18.0 Å². The maximum absolute atomic E-state index is 13.5. The molecule has 5 rings (SSSR count). The lowest BCUT2D eigenvalue weighted by molar-refractivity contribution is -0.140. The normalized spacial score (nSPS) is 15.8. The van der Waals surface area contributed by atoms with Crippen LogP contribution >= 0.6 is 0 Å². The first-order valence-corrected chi connectivity index (χ1v) is 14.7. The number of Topliss-reactive ketones (excluding diaryl/α,β-unsaturated/α-hetero) is 1. The number of rotatable bonds is 12. The minimum atomic E-state index is -0.869. The summed E-state index contributed by atoms with van der Waals surface area (Å²) in [4.78, 5) is 32.6. The molecule has 44 heavy (non-hydrogen) atoms. The van der Waals surface area contributed by atoms with E-state index in [1.165, 1.54) is 4.90 Å². The van der Waals surface area contributed by atoms with E-state index in [9.17, 15) is 14.7 Å². The molecule has 1 aliphatic heterocycles. The molecule has 1 unspecified atom stereocenters. The van der Waals surface area contributed by atoms with Crippen LogP contribution in [0, 0.1) is 6.92 Å². The summed E-state index contributed by atoms with van der Waals surface area (Å²) in [6.45, 7) is 5.17. The van der Waals surface area contributed by atoms with Gasteiger partial charge in [-0.15, -0.1) is 0 Å². The van der Waals surface area contributed by atoms with Gasteiger partial charge in [-0.1, -0.05) is 55.3 Å². The third kappa shape index (κ3) is 6.75. The highest BCUT2D eigenvalue weighted by Gasteiger charge is 2.46. The van der Waals surface area contributed by atoms with Crippen molar-refractivity contribution in [3.05, 3.63) is 125 Å².